The second kappa shape index (κ2) is 5.52. The Morgan fingerprint density at radius 1 is 1.00 bits per heavy atom. The fourth-order valence-electron chi connectivity index (χ4n) is 3.35. The summed E-state index contributed by atoms with van der Waals surface area (Å²) < 4.78 is 22.0. The molecule has 1 aliphatic rings. The van der Waals surface area contributed by atoms with E-state index in [1.165, 1.54) is 0 Å². The maximum atomic E-state index is 13.0. The van der Waals surface area contributed by atoms with Gasteiger partial charge >= 0.3 is 0 Å². The molecule has 4 aromatic rings. The summed E-state index contributed by atoms with van der Waals surface area (Å²) in [4.78, 5) is 13.0. The first-order chi connectivity index (χ1) is 12.7. The van der Waals surface area contributed by atoms with Crippen molar-refractivity contribution in [3.63, 3.8) is 0 Å². The molecule has 0 unspecified atom stereocenters. The summed E-state index contributed by atoms with van der Waals surface area (Å²) in [5.74, 6) is 2.07. The number of methoxy groups -OCH3 is 1. The van der Waals surface area contributed by atoms with Crippen molar-refractivity contribution >= 4 is 27.8 Å². The molecule has 0 atom stereocenters. The van der Waals surface area contributed by atoms with Gasteiger partial charge in [-0.2, -0.15) is 0 Å². The minimum absolute atomic E-state index is 0.158. The molecule has 0 bridgehead atoms. The number of fused-ring (bicyclic) bond motifs is 1. The van der Waals surface area contributed by atoms with Gasteiger partial charge in [0.15, 0.2) is 16.9 Å². The quantitative estimate of drug-likeness (QED) is 0.558. The summed E-state index contributed by atoms with van der Waals surface area (Å²) in [6, 6.07) is 14.8. The third-order valence-electron chi connectivity index (χ3n) is 4.57. The van der Waals surface area contributed by atoms with Gasteiger partial charge in [-0.1, -0.05) is 18.2 Å². The average Bonchev–Trinajstić information content (AvgIpc) is 3.13. The molecule has 128 valence electrons. The van der Waals surface area contributed by atoms with E-state index in [4.69, 9.17) is 18.6 Å². The van der Waals surface area contributed by atoms with E-state index in [0.717, 1.165) is 16.3 Å². The largest absolute Gasteiger partial charge is 0.496 e. The van der Waals surface area contributed by atoms with Crippen molar-refractivity contribution < 1.29 is 18.6 Å². The minimum atomic E-state index is -0.158. The average molecular weight is 346 g/mol. The highest BCUT2D eigenvalue weighted by Gasteiger charge is 2.14. The van der Waals surface area contributed by atoms with Crippen LogP contribution in [0.5, 0.6) is 17.2 Å². The Morgan fingerprint density at radius 3 is 2.77 bits per heavy atom. The Balaban J connectivity index is 1.80. The zero-order valence-corrected chi connectivity index (χ0v) is 13.9. The Labute approximate surface area is 148 Å². The van der Waals surface area contributed by atoms with Gasteiger partial charge in [0.25, 0.3) is 0 Å². The topological polar surface area (TPSA) is 57.9 Å². The summed E-state index contributed by atoms with van der Waals surface area (Å²) in [6.45, 7) is 0.210. The first-order valence-electron chi connectivity index (χ1n) is 8.18. The second-order valence-corrected chi connectivity index (χ2v) is 6.05. The van der Waals surface area contributed by atoms with E-state index in [0.29, 0.717) is 28.2 Å². The highest BCUT2D eigenvalue weighted by Crippen LogP contribution is 2.33. The molecule has 0 N–H and O–H groups in total. The lowest BCUT2D eigenvalue weighted by molar-refractivity contribution is 0.174. The first-order valence-corrected chi connectivity index (χ1v) is 8.18. The van der Waals surface area contributed by atoms with Crippen molar-refractivity contribution in [3.8, 4) is 17.2 Å². The molecular formula is C21H14O5. The molecule has 26 heavy (non-hydrogen) atoms. The Bertz CT molecular complexity index is 1270. The van der Waals surface area contributed by atoms with Crippen LogP contribution >= 0.6 is 0 Å². The molecule has 1 aromatic heterocycles. The van der Waals surface area contributed by atoms with Gasteiger partial charge in [-0.15, -0.1) is 0 Å². The fourth-order valence-corrected chi connectivity index (χ4v) is 3.35. The first kappa shape index (κ1) is 14.8. The third kappa shape index (κ3) is 2.14. The van der Waals surface area contributed by atoms with E-state index in [-0.39, 0.29) is 17.6 Å². The number of hydrogen-bond donors (Lipinski definition) is 0. The van der Waals surface area contributed by atoms with E-state index in [1.54, 1.807) is 19.3 Å². The van der Waals surface area contributed by atoms with Crippen LogP contribution in [-0.4, -0.2) is 13.9 Å². The van der Waals surface area contributed by atoms with Crippen molar-refractivity contribution in [2.75, 3.05) is 13.9 Å². The molecular weight excluding hydrogens is 332 g/mol. The lowest BCUT2D eigenvalue weighted by Crippen LogP contribution is -2.24. The van der Waals surface area contributed by atoms with Crippen molar-refractivity contribution in [2.24, 2.45) is 0 Å². The van der Waals surface area contributed by atoms with Crippen LogP contribution in [0.3, 0.4) is 0 Å². The predicted molar refractivity (Wildman–Crippen MR) is 97.9 cm³/mol. The number of rotatable bonds is 2. The molecule has 0 aliphatic carbocycles. The number of hydrogen-bond acceptors (Lipinski definition) is 5. The molecule has 5 nitrogen and oxygen atoms in total. The highest BCUT2D eigenvalue weighted by molar-refractivity contribution is 6.09. The molecule has 2 heterocycles. The summed E-state index contributed by atoms with van der Waals surface area (Å²) in [6.07, 6.45) is 1.72. The third-order valence-corrected chi connectivity index (χ3v) is 4.57. The molecule has 0 amide bonds. The van der Waals surface area contributed by atoms with Gasteiger partial charge in [-0.25, -0.2) is 0 Å². The lowest BCUT2D eigenvalue weighted by atomic mass is 10.0. The van der Waals surface area contributed by atoms with Crippen molar-refractivity contribution in [3.05, 3.63) is 69.7 Å². The monoisotopic (exact) mass is 346 g/mol. The lowest BCUT2D eigenvalue weighted by Gasteiger charge is -2.08. The molecule has 5 heteroatoms. The predicted octanol–water partition coefficient (Wildman–Crippen LogP) is 3.23. The number of ether oxygens (including phenoxy) is 3. The van der Waals surface area contributed by atoms with Gasteiger partial charge in [0, 0.05) is 16.2 Å². The zero-order chi connectivity index (χ0) is 17.7. The molecule has 0 radical (unpaired) electrons. The SMILES string of the molecule is COc1ccc2c(=O)c(=Cc3ccc4c(c3)OCO4)oc3cccc1c32. The van der Waals surface area contributed by atoms with Gasteiger partial charge in [-0.05, 0) is 42.0 Å². The maximum absolute atomic E-state index is 13.0. The Kier molecular flexibility index (Phi) is 3.15. The molecule has 3 aromatic carbocycles. The van der Waals surface area contributed by atoms with Crippen molar-refractivity contribution in [1.29, 1.82) is 0 Å². The molecule has 0 fully saturated rings. The Hall–Kier alpha value is -3.47. The molecule has 1 aliphatic heterocycles. The van der Waals surface area contributed by atoms with E-state index >= 15 is 0 Å². The fraction of sp³-hybridized carbons (Fsp3) is 0.0952. The zero-order valence-electron chi connectivity index (χ0n) is 13.9. The van der Waals surface area contributed by atoms with Crippen molar-refractivity contribution in [1.82, 2.24) is 0 Å². The summed E-state index contributed by atoms with van der Waals surface area (Å²) in [7, 11) is 1.61. The summed E-state index contributed by atoms with van der Waals surface area (Å²) in [5, 5.41) is 2.24. The van der Waals surface area contributed by atoms with Crippen LogP contribution in [0.4, 0.5) is 0 Å². The van der Waals surface area contributed by atoms with E-state index in [9.17, 15) is 4.79 Å². The minimum Gasteiger partial charge on any atom is -0.496 e. The number of benzene rings is 3. The van der Waals surface area contributed by atoms with Crippen LogP contribution in [0.2, 0.25) is 0 Å². The normalized spacial score (nSPS) is 13.7. The van der Waals surface area contributed by atoms with Gasteiger partial charge in [0.1, 0.15) is 11.3 Å². The molecule has 0 spiro atoms. The van der Waals surface area contributed by atoms with Crippen LogP contribution in [0.15, 0.2) is 57.7 Å². The smallest absolute Gasteiger partial charge is 0.231 e. The van der Waals surface area contributed by atoms with Crippen LogP contribution in [0, 0.1) is 0 Å². The van der Waals surface area contributed by atoms with E-state index < -0.39 is 0 Å². The van der Waals surface area contributed by atoms with Crippen LogP contribution in [-0.2, 0) is 0 Å². The highest BCUT2D eigenvalue weighted by atomic mass is 16.7. The van der Waals surface area contributed by atoms with Gasteiger partial charge in [-0.3, -0.25) is 4.79 Å². The standard InChI is InChI=1S/C21H14O5/c1-23-15-8-6-14-20-13(15)3-2-4-17(20)26-19(21(14)22)10-12-5-7-16-18(9-12)25-11-24-16/h2-10H,11H2,1H3. The Morgan fingerprint density at radius 2 is 1.88 bits per heavy atom. The van der Waals surface area contributed by atoms with Gasteiger partial charge < -0.3 is 18.6 Å². The molecule has 5 rings (SSSR count). The summed E-state index contributed by atoms with van der Waals surface area (Å²) in [5.41, 5.74) is 1.56. The van der Waals surface area contributed by atoms with Crippen LogP contribution in [0.1, 0.15) is 5.56 Å². The van der Waals surface area contributed by atoms with Gasteiger partial charge in [0.05, 0.1) is 7.11 Å². The van der Waals surface area contributed by atoms with Gasteiger partial charge in [0.2, 0.25) is 12.2 Å². The summed E-state index contributed by atoms with van der Waals surface area (Å²) >= 11 is 0. The van der Waals surface area contributed by atoms with E-state index in [1.807, 2.05) is 42.5 Å². The van der Waals surface area contributed by atoms with Crippen molar-refractivity contribution in [2.45, 2.75) is 0 Å². The second-order valence-electron chi connectivity index (χ2n) is 6.05. The van der Waals surface area contributed by atoms with Crippen LogP contribution in [0.25, 0.3) is 27.8 Å². The van der Waals surface area contributed by atoms with Crippen LogP contribution < -0.4 is 25.1 Å². The molecule has 0 saturated carbocycles. The van der Waals surface area contributed by atoms with E-state index in [2.05, 4.69) is 0 Å². The molecule has 0 saturated heterocycles. The maximum Gasteiger partial charge on any atom is 0.231 e.